The van der Waals surface area contributed by atoms with E-state index in [0.717, 1.165) is 10.9 Å². The Hall–Kier alpha value is -1.97. The molecule has 0 aliphatic rings. The van der Waals surface area contributed by atoms with Crippen LogP contribution in [0.15, 0.2) is 48.7 Å². The predicted octanol–water partition coefficient (Wildman–Crippen LogP) is 4.83. The first-order valence-electron chi connectivity index (χ1n) is 6.33. The lowest BCUT2D eigenvalue weighted by Gasteiger charge is -2.08. The molecule has 3 rings (SSSR count). The van der Waals surface area contributed by atoms with Crippen LogP contribution in [0.5, 0.6) is 0 Å². The fraction of sp³-hybridized carbons (Fsp3) is 0.0625. The number of carbonyl (C=O) groups is 1. The fourth-order valence-electron chi connectivity index (χ4n) is 2.14. The summed E-state index contributed by atoms with van der Waals surface area (Å²) in [5.74, 6) is -0.392. The lowest BCUT2D eigenvalue weighted by Crippen LogP contribution is -2.06. The van der Waals surface area contributed by atoms with Crippen molar-refractivity contribution in [1.82, 2.24) is 4.98 Å². The zero-order valence-corrected chi connectivity index (χ0v) is 12.4. The number of hydrogen-bond donors (Lipinski definition) is 1. The Labute approximate surface area is 131 Å². The third-order valence-electron chi connectivity index (χ3n) is 3.21. The minimum atomic E-state index is -0.392. The number of H-pyrrole nitrogens is 1. The van der Waals surface area contributed by atoms with Gasteiger partial charge in [-0.25, -0.2) is 4.79 Å². The van der Waals surface area contributed by atoms with E-state index in [1.165, 1.54) is 0 Å². The lowest BCUT2D eigenvalue weighted by molar-refractivity contribution is 0.0475. The average Bonchev–Trinajstić information content (AvgIpc) is 2.96. The molecule has 3 nitrogen and oxygen atoms in total. The van der Waals surface area contributed by atoms with Gasteiger partial charge in [0.2, 0.25) is 0 Å². The number of nitrogens with one attached hydrogen (secondary N) is 1. The van der Waals surface area contributed by atoms with Gasteiger partial charge in [-0.05, 0) is 24.3 Å². The number of aromatic amines is 1. The van der Waals surface area contributed by atoms with Crippen LogP contribution < -0.4 is 0 Å². The predicted molar refractivity (Wildman–Crippen MR) is 83.9 cm³/mol. The summed E-state index contributed by atoms with van der Waals surface area (Å²) in [5.41, 5.74) is 2.09. The van der Waals surface area contributed by atoms with Gasteiger partial charge in [0.25, 0.3) is 0 Å². The van der Waals surface area contributed by atoms with Crippen molar-refractivity contribution in [3.63, 3.8) is 0 Å². The van der Waals surface area contributed by atoms with Crippen molar-refractivity contribution in [2.45, 2.75) is 6.61 Å². The summed E-state index contributed by atoms with van der Waals surface area (Å²) in [7, 11) is 0. The number of halogens is 2. The van der Waals surface area contributed by atoms with Crippen molar-refractivity contribution >= 4 is 40.1 Å². The van der Waals surface area contributed by atoms with Crippen molar-refractivity contribution in [1.29, 1.82) is 0 Å². The summed E-state index contributed by atoms with van der Waals surface area (Å²) < 4.78 is 5.33. The standard InChI is InChI=1S/C16H11Cl2NO2/c17-13-5-1-3-10(15(13)18)9-21-16(20)12-4-2-6-14-11(12)7-8-19-14/h1-8,19H,9H2. The van der Waals surface area contributed by atoms with Gasteiger partial charge in [0, 0.05) is 22.7 Å². The number of esters is 1. The molecule has 21 heavy (non-hydrogen) atoms. The summed E-state index contributed by atoms with van der Waals surface area (Å²) in [6.45, 7) is 0.0824. The molecule has 0 saturated heterocycles. The Morgan fingerprint density at radius 1 is 1.10 bits per heavy atom. The van der Waals surface area contributed by atoms with Crippen molar-refractivity contribution < 1.29 is 9.53 Å². The number of fused-ring (bicyclic) bond motifs is 1. The molecule has 0 unspecified atom stereocenters. The van der Waals surface area contributed by atoms with E-state index < -0.39 is 5.97 Å². The van der Waals surface area contributed by atoms with E-state index in [1.807, 2.05) is 18.2 Å². The van der Waals surface area contributed by atoms with Gasteiger partial charge in [-0.3, -0.25) is 0 Å². The average molecular weight is 320 g/mol. The van der Waals surface area contributed by atoms with Crippen LogP contribution in [0, 0.1) is 0 Å². The van der Waals surface area contributed by atoms with E-state index in [4.69, 9.17) is 27.9 Å². The monoisotopic (exact) mass is 319 g/mol. The van der Waals surface area contributed by atoms with Gasteiger partial charge in [0.1, 0.15) is 6.61 Å². The molecule has 0 radical (unpaired) electrons. The third-order valence-corrected chi connectivity index (χ3v) is 4.06. The molecule has 0 aliphatic heterocycles. The maximum absolute atomic E-state index is 12.2. The Morgan fingerprint density at radius 3 is 2.76 bits per heavy atom. The molecule has 0 amide bonds. The largest absolute Gasteiger partial charge is 0.457 e. The second-order valence-corrected chi connectivity index (χ2v) is 5.32. The first-order chi connectivity index (χ1) is 10.2. The van der Waals surface area contributed by atoms with Gasteiger partial charge in [0.15, 0.2) is 0 Å². The normalized spacial score (nSPS) is 10.8. The molecular weight excluding hydrogens is 309 g/mol. The molecule has 0 aliphatic carbocycles. The Kier molecular flexibility index (Phi) is 3.86. The SMILES string of the molecule is O=C(OCc1cccc(Cl)c1Cl)c1cccc2[nH]ccc12. The highest BCUT2D eigenvalue weighted by molar-refractivity contribution is 6.42. The van der Waals surface area contributed by atoms with Gasteiger partial charge in [0.05, 0.1) is 15.6 Å². The van der Waals surface area contributed by atoms with Crippen molar-refractivity contribution in [3.05, 3.63) is 69.8 Å². The Bertz CT molecular complexity index is 811. The molecular formula is C16H11Cl2NO2. The van der Waals surface area contributed by atoms with Crippen LogP contribution in [0.3, 0.4) is 0 Å². The second-order valence-electron chi connectivity index (χ2n) is 4.53. The number of carbonyl (C=O) groups excluding carboxylic acids is 1. The molecule has 1 aromatic heterocycles. The highest BCUT2D eigenvalue weighted by Gasteiger charge is 2.13. The molecule has 1 heterocycles. The summed E-state index contributed by atoms with van der Waals surface area (Å²) in [5, 5.41) is 1.68. The van der Waals surface area contributed by atoms with Gasteiger partial charge in [-0.2, -0.15) is 0 Å². The summed E-state index contributed by atoms with van der Waals surface area (Å²) in [6.07, 6.45) is 1.79. The minimum Gasteiger partial charge on any atom is -0.457 e. The van der Waals surface area contributed by atoms with Crippen LogP contribution in [0.1, 0.15) is 15.9 Å². The summed E-state index contributed by atoms with van der Waals surface area (Å²) in [6, 6.07) is 12.5. The summed E-state index contributed by atoms with van der Waals surface area (Å²) >= 11 is 12.0. The zero-order chi connectivity index (χ0) is 14.8. The van der Waals surface area contributed by atoms with E-state index in [9.17, 15) is 4.79 Å². The third kappa shape index (κ3) is 2.75. The van der Waals surface area contributed by atoms with Crippen LogP contribution in [0.2, 0.25) is 10.0 Å². The maximum Gasteiger partial charge on any atom is 0.339 e. The first kappa shape index (κ1) is 14.0. The Morgan fingerprint density at radius 2 is 1.90 bits per heavy atom. The molecule has 3 aromatic rings. The van der Waals surface area contributed by atoms with Crippen LogP contribution in [-0.2, 0) is 11.3 Å². The van der Waals surface area contributed by atoms with Gasteiger partial charge in [-0.1, -0.05) is 41.4 Å². The lowest BCUT2D eigenvalue weighted by atomic mass is 10.1. The van der Waals surface area contributed by atoms with Crippen molar-refractivity contribution in [3.8, 4) is 0 Å². The number of hydrogen-bond acceptors (Lipinski definition) is 2. The molecule has 1 N–H and O–H groups in total. The quantitative estimate of drug-likeness (QED) is 0.702. The maximum atomic E-state index is 12.2. The van der Waals surface area contributed by atoms with E-state index >= 15 is 0 Å². The van der Waals surface area contributed by atoms with Crippen LogP contribution in [-0.4, -0.2) is 11.0 Å². The van der Waals surface area contributed by atoms with Crippen LogP contribution >= 0.6 is 23.2 Å². The van der Waals surface area contributed by atoms with Crippen molar-refractivity contribution in [2.75, 3.05) is 0 Å². The topological polar surface area (TPSA) is 42.1 Å². The van der Waals surface area contributed by atoms with Gasteiger partial charge in [-0.15, -0.1) is 0 Å². The van der Waals surface area contributed by atoms with E-state index in [2.05, 4.69) is 4.98 Å². The smallest absolute Gasteiger partial charge is 0.339 e. The van der Waals surface area contributed by atoms with Gasteiger partial charge >= 0.3 is 5.97 Å². The number of rotatable bonds is 3. The molecule has 0 fully saturated rings. The molecule has 0 bridgehead atoms. The fourth-order valence-corrected chi connectivity index (χ4v) is 2.52. The Balaban J connectivity index is 1.81. The molecule has 106 valence electrons. The van der Waals surface area contributed by atoms with E-state index in [1.54, 1.807) is 30.5 Å². The summed E-state index contributed by atoms with van der Waals surface area (Å²) in [4.78, 5) is 15.3. The van der Waals surface area contributed by atoms with Crippen LogP contribution in [0.25, 0.3) is 10.9 Å². The van der Waals surface area contributed by atoms with E-state index in [0.29, 0.717) is 21.2 Å². The van der Waals surface area contributed by atoms with E-state index in [-0.39, 0.29) is 6.61 Å². The molecule has 0 atom stereocenters. The molecule has 2 aromatic carbocycles. The number of ether oxygens (including phenoxy) is 1. The number of benzene rings is 2. The first-order valence-corrected chi connectivity index (χ1v) is 7.08. The number of aromatic nitrogens is 1. The van der Waals surface area contributed by atoms with Crippen LogP contribution in [0.4, 0.5) is 0 Å². The molecule has 0 saturated carbocycles. The minimum absolute atomic E-state index is 0.0824. The van der Waals surface area contributed by atoms with Crippen molar-refractivity contribution in [2.24, 2.45) is 0 Å². The second kappa shape index (κ2) is 5.80. The van der Waals surface area contributed by atoms with Gasteiger partial charge < -0.3 is 9.72 Å². The highest BCUT2D eigenvalue weighted by atomic mass is 35.5. The molecule has 0 spiro atoms. The molecule has 5 heteroatoms. The highest BCUT2D eigenvalue weighted by Crippen LogP contribution is 2.26. The zero-order valence-electron chi connectivity index (χ0n) is 10.9.